The SMILES string of the molecule is CCCNc1ncc(Br)cc1C(=O)NC1CCC(C)C1. The number of halogens is 1. The van der Waals surface area contributed by atoms with Crippen LogP contribution in [0.4, 0.5) is 5.82 Å². The molecule has 1 fully saturated rings. The first-order valence-electron chi connectivity index (χ1n) is 7.30. The van der Waals surface area contributed by atoms with Crippen molar-refractivity contribution < 1.29 is 4.79 Å². The number of carbonyl (C=O) groups excluding carboxylic acids is 1. The van der Waals surface area contributed by atoms with Gasteiger partial charge in [-0.05, 0) is 53.6 Å². The number of amides is 1. The van der Waals surface area contributed by atoms with Gasteiger partial charge in [0.1, 0.15) is 5.82 Å². The van der Waals surface area contributed by atoms with Crippen molar-refractivity contribution in [1.82, 2.24) is 10.3 Å². The number of pyridine rings is 1. The van der Waals surface area contributed by atoms with Gasteiger partial charge in [-0.2, -0.15) is 0 Å². The van der Waals surface area contributed by atoms with Gasteiger partial charge in [0, 0.05) is 23.3 Å². The zero-order valence-corrected chi connectivity index (χ0v) is 13.7. The number of carbonyl (C=O) groups is 1. The highest BCUT2D eigenvalue weighted by atomic mass is 79.9. The molecule has 2 rings (SSSR count). The van der Waals surface area contributed by atoms with E-state index in [1.54, 1.807) is 6.20 Å². The lowest BCUT2D eigenvalue weighted by atomic mass is 10.1. The predicted molar refractivity (Wildman–Crippen MR) is 85.0 cm³/mol. The summed E-state index contributed by atoms with van der Waals surface area (Å²) in [6, 6.07) is 2.13. The van der Waals surface area contributed by atoms with Gasteiger partial charge in [-0.25, -0.2) is 4.98 Å². The highest BCUT2D eigenvalue weighted by Crippen LogP contribution is 2.25. The van der Waals surface area contributed by atoms with Crippen LogP contribution in [0, 0.1) is 5.92 Å². The molecule has 0 aliphatic heterocycles. The molecule has 0 radical (unpaired) electrons. The van der Waals surface area contributed by atoms with Crippen LogP contribution in [0.3, 0.4) is 0 Å². The van der Waals surface area contributed by atoms with Gasteiger partial charge < -0.3 is 10.6 Å². The van der Waals surface area contributed by atoms with E-state index in [0.717, 1.165) is 30.3 Å². The first-order valence-corrected chi connectivity index (χ1v) is 8.09. The van der Waals surface area contributed by atoms with Crippen molar-refractivity contribution in [3.63, 3.8) is 0 Å². The highest BCUT2D eigenvalue weighted by Gasteiger charge is 2.24. The third kappa shape index (κ3) is 3.95. The summed E-state index contributed by atoms with van der Waals surface area (Å²) in [7, 11) is 0. The third-order valence-corrected chi connectivity index (χ3v) is 4.11. The fourth-order valence-electron chi connectivity index (χ4n) is 2.60. The molecule has 2 unspecified atom stereocenters. The van der Waals surface area contributed by atoms with E-state index in [4.69, 9.17) is 0 Å². The van der Waals surface area contributed by atoms with Crippen molar-refractivity contribution in [2.75, 3.05) is 11.9 Å². The minimum Gasteiger partial charge on any atom is -0.369 e. The zero-order chi connectivity index (χ0) is 14.5. The van der Waals surface area contributed by atoms with E-state index >= 15 is 0 Å². The summed E-state index contributed by atoms with van der Waals surface area (Å²) in [4.78, 5) is 16.7. The summed E-state index contributed by atoms with van der Waals surface area (Å²) in [6.07, 6.45) is 6.06. The summed E-state index contributed by atoms with van der Waals surface area (Å²) >= 11 is 3.38. The molecule has 1 heterocycles. The molecule has 0 spiro atoms. The quantitative estimate of drug-likeness (QED) is 0.861. The van der Waals surface area contributed by atoms with Crippen molar-refractivity contribution in [3.05, 3.63) is 22.3 Å². The van der Waals surface area contributed by atoms with Gasteiger partial charge in [-0.15, -0.1) is 0 Å². The smallest absolute Gasteiger partial charge is 0.255 e. The Bertz CT molecular complexity index is 478. The second-order valence-electron chi connectivity index (χ2n) is 5.57. The van der Waals surface area contributed by atoms with Crippen LogP contribution in [0.25, 0.3) is 0 Å². The molecule has 5 heteroatoms. The Morgan fingerprint density at radius 3 is 2.95 bits per heavy atom. The molecule has 1 aliphatic rings. The summed E-state index contributed by atoms with van der Waals surface area (Å²) < 4.78 is 0.824. The molecular weight excluding hydrogens is 318 g/mol. The second kappa shape index (κ2) is 7.07. The van der Waals surface area contributed by atoms with Crippen LogP contribution in [-0.4, -0.2) is 23.5 Å². The lowest BCUT2D eigenvalue weighted by Crippen LogP contribution is -2.33. The van der Waals surface area contributed by atoms with E-state index in [1.165, 1.54) is 6.42 Å². The van der Waals surface area contributed by atoms with Crippen LogP contribution < -0.4 is 10.6 Å². The van der Waals surface area contributed by atoms with Gasteiger partial charge in [-0.1, -0.05) is 13.8 Å². The predicted octanol–water partition coefficient (Wildman–Crippen LogP) is 3.58. The molecule has 1 aliphatic carbocycles. The first-order chi connectivity index (χ1) is 9.60. The van der Waals surface area contributed by atoms with Crippen molar-refractivity contribution in [2.24, 2.45) is 5.92 Å². The van der Waals surface area contributed by atoms with E-state index < -0.39 is 0 Å². The van der Waals surface area contributed by atoms with E-state index in [0.29, 0.717) is 23.3 Å². The zero-order valence-electron chi connectivity index (χ0n) is 12.1. The average molecular weight is 340 g/mol. The van der Waals surface area contributed by atoms with Crippen LogP contribution in [0.5, 0.6) is 0 Å². The van der Waals surface area contributed by atoms with Crippen LogP contribution >= 0.6 is 15.9 Å². The summed E-state index contributed by atoms with van der Waals surface area (Å²) in [5.74, 6) is 1.34. The second-order valence-corrected chi connectivity index (χ2v) is 6.48. The van der Waals surface area contributed by atoms with E-state index in [1.807, 2.05) is 6.07 Å². The Kier molecular flexibility index (Phi) is 5.40. The number of aromatic nitrogens is 1. The minimum absolute atomic E-state index is 0.0310. The van der Waals surface area contributed by atoms with Crippen LogP contribution in [0.15, 0.2) is 16.7 Å². The molecule has 0 aromatic carbocycles. The number of hydrogen-bond acceptors (Lipinski definition) is 3. The molecule has 1 saturated carbocycles. The fourth-order valence-corrected chi connectivity index (χ4v) is 2.93. The number of hydrogen-bond donors (Lipinski definition) is 2. The standard InChI is InChI=1S/C15H22BrN3O/c1-3-6-17-14-13(8-11(16)9-18-14)15(20)19-12-5-4-10(2)7-12/h8-10,12H,3-7H2,1-2H3,(H,17,18)(H,19,20). The molecule has 20 heavy (non-hydrogen) atoms. The fraction of sp³-hybridized carbons (Fsp3) is 0.600. The summed E-state index contributed by atoms with van der Waals surface area (Å²) in [5.41, 5.74) is 0.618. The molecule has 0 bridgehead atoms. The molecule has 1 aromatic heterocycles. The van der Waals surface area contributed by atoms with Gasteiger partial charge in [0.05, 0.1) is 5.56 Å². The van der Waals surface area contributed by atoms with Gasteiger partial charge in [0.25, 0.3) is 5.91 Å². The van der Waals surface area contributed by atoms with E-state index in [9.17, 15) is 4.79 Å². The molecule has 4 nitrogen and oxygen atoms in total. The number of nitrogens with one attached hydrogen (secondary N) is 2. The van der Waals surface area contributed by atoms with Crippen LogP contribution in [0.1, 0.15) is 49.9 Å². The minimum atomic E-state index is -0.0310. The average Bonchev–Trinajstić information content (AvgIpc) is 2.82. The third-order valence-electron chi connectivity index (χ3n) is 3.67. The Hall–Kier alpha value is -1.10. The largest absolute Gasteiger partial charge is 0.369 e. The highest BCUT2D eigenvalue weighted by molar-refractivity contribution is 9.10. The van der Waals surface area contributed by atoms with Gasteiger partial charge in [0.2, 0.25) is 0 Å². The topological polar surface area (TPSA) is 54.0 Å². The maximum absolute atomic E-state index is 12.4. The maximum atomic E-state index is 12.4. The summed E-state index contributed by atoms with van der Waals surface area (Å²) in [6.45, 7) is 5.14. The molecule has 110 valence electrons. The Labute approximate surface area is 128 Å². The van der Waals surface area contributed by atoms with Crippen molar-refractivity contribution in [1.29, 1.82) is 0 Å². The molecule has 2 N–H and O–H groups in total. The lowest BCUT2D eigenvalue weighted by Gasteiger charge is -2.15. The van der Waals surface area contributed by atoms with E-state index in [2.05, 4.69) is 45.4 Å². The van der Waals surface area contributed by atoms with Crippen molar-refractivity contribution >= 4 is 27.7 Å². The van der Waals surface area contributed by atoms with Gasteiger partial charge >= 0.3 is 0 Å². The van der Waals surface area contributed by atoms with Gasteiger partial charge in [-0.3, -0.25) is 4.79 Å². The lowest BCUT2D eigenvalue weighted by molar-refractivity contribution is 0.0937. The first kappa shape index (κ1) is 15.3. The van der Waals surface area contributed by atoms with Crippen molar-refractivity contribution in [2.45, 2.75) is 45.6 Å². The molecule has 2 atom stereocenters. The molecule has 1 amide bonds. The van der Waals surface area contributed by atoms with Crippen LogP contribution in [0.2, 0.25) is 0 Å². The van der Waals surface area contributed by atoms with Gasteiger partial charge in [0.15, 0.2) is 0 Å². The normalized spacial score (nSPS) is 21.8. The monoisotopic (exact) mass is 339 g/mol. The molecule has 0 saturated heterocycles. The number of nitrogens with zero attached hydrogens (tertiary/aromatic N) is 1. The Morgan fingerprint density at radius 2 is 2.30 bits per heavy atom. The summed E-state index contributed by atoms with van der Waals surface area (Å²) in [5, 5.41) is 6.34. The van der Waals surface area contributed by atoms with Crippen molar-refractivity contribution in [3.8, 4) is 0 Å². The Balaban J connectivity index is 2.09. The number of anilines is 1. The van der Waals surface area contributed by atoms with E-state index in [-0.39, 0.29) is 5.91 Å². The van der Waals surface area contributed by atoms with Crippen LogP contribution in [-0.2, 0) is 0 Å². The molecule has 1 aromatic rings. The molecular formula is C15H22BrN3O. The Morgan fingerprint density at radius 1 is 1.50 bits per heavy atom. The number of rotatable bonds is 5. The maximum Gasteiger partial charge on any atom is 0.255 e.